The number of ether oxygens (including phenoxy) is 1. The van der Waals surface area contributed by atoms with Crippen molar-refractivity contribution in [2.45, 2.75) is 47.0 Å². The van der Waals surface area contributed by atoms with Gasteiger partial charge in [0.05, 0.1) is 12.4 Å². The van der Waals surface area contributed by atoms with Gasteiger partial charge in [-0.05, 0) is 24.2 Å². The minimum Gasteiger partial charge on any atom is -0.381 e. The summed E-state index contributed by atoms with van der Waals surface area (Å²) in [6.45, 7) is 9.67. The molecule has 5 heteroatoms. The van der Waals surface area contributed by atoms with Gasteiger partial charge in [0, 0.05) is 6.61 Å². The van der Waals surface area contributed by atoms with E-state index < -0.39 is 10.0 Å². The molecule has 0 aliphatic rings. The summed E-state index contributed by atoms with van der Waals surface area (Å²) in [5.74, 6) is 0.0473. The molecule has 4 nitrogen and oxygen atoms in total. The molecule has 0 spiro atoms. The van der Waals surface area contributed by atoms with Gasteiger partial charge in [-0.3, -0.25) is 0 Å². The molecule has 0 saturated carbocycles. The fourth-order valence-electron chi connectivity index (χ4n) is 1.58. The Balaban J connectivity index is 3.94. The van der Waals surface area contributed by atoms with Gasteiger partial charge in [-0.2, -0.15) is 0 Å². The lowest BCUT2D eigenvalue weighted by atomic mass is 9.93. The summed E-state index contributed by atoms with van der Waals surface area (Å²) in [4.78, 5) is 0. The first-order valence-corrected chi connectivity index (χ1v) is 7.94. The third-order valence-corrected chi connectivity index (χ3v) is 3.45. The van der Waals surface area contributed by atoms with Crippen LogP contribution in [0.3, 0.4) is 0 Å². The molecule has 0 aromatic heterocycles. The fraction of sp³-hybridized carbons (Fsp3) is 1.00. The standard InChI is InChI=1S/C12H27NO3S/c1-5-6-11(10-17(13,14)15)9-16-8-7-12(2,3)4/h11H,5-10H2,1-4H3,(H2,13,14,15). The second-order valence-electron chi connectivity index (χ2n) is 5.87. The maximum atomic E-state index is 11.0. The Bertz CT molecular complexity index is 293. The van der Waals surface area contributed by atoms with E-state index >= 15 is 0 Å². The van der Waals surface area contributed by atoms with Gasteiger partial charge >= 0.3 is 0 Å². The van der Waals surface area contributed by atoms with E-state index in [0.29, 0.717) is 13.2 Å². The monoisotopic (exact) mass is 265 g/mol. The molecule has 1 unspecified atom stereocenters. The summed E-state index contributed by atoms with van der Waals surface area (Å²) < 4.78 is 27.6. The van der Waals surface area contributed by atoms with Gasteiger partial charge < -0.3 is 4.74 Å². The summed E-state index contributed by atoms with van der Waals surface area (Å²) in [7, 11) is -3.39. The summed E-state index contributed by atoms with van der Waals surface area (Å²) in [6, 6.07) is 0. The van der Waals surface area contributed by atoms with Crippen LogP contribution in [-0.4, -0.2) is 27.4 Å². The van der Waals surface area contributed by atoms with E-state index in [0.717, 1.165) is 19.3 Å². The highest BCUT2D eigenvalue weighted by Gasteiger charge is 2.16. The highest BCUT2D eigenvalue weighted by molar-refractivity contribution is 7.89. The average molecular weight is 265 g/mol. The Morgan fingerprint density at radius 3 is 2.29 bits per heavy atom. The highest BCUT2D eigenvalue weighted by Crippen LogP contribution is 2.18. The SMILES string of the molecule is CCCC(COCCC(C)(C)C)CS(N)(=O)=O. The molecule has 0 rings (SSSR count). The molecule has 0 bridgehead atoms. The molecule has 0 aromatic rings. The average Bonchev–Trinajstić information content (AvgIpc) is 2.08. The molecule has 2 N–H and O–H groups in total. The third-order valence-electron chi connectivity index (χ3n) is 2.51. The maximum absolute atomic E-state index is 11.0. The van der Waals surface area contributed by atoms with Crippen molar-refractivity contribution in [1.29, 1.82) is 0 Å². The van der Waals surface area contributed by atoms with Gasteiger partial charge in [0.25, 0.3) is 0 Å². The summed E-state index contributed by atoms with van der Waals surface area (Å²) in [6.07, 6.45) is 2.76. The number of hydrogen-bond donors (Lipinski definition) is 1. The van der Waals surface area contributed by atoms with Crippen molar-refractivity contribution in [2.75, 3.05) is 19.0 Å². The minimum atomic E-state index is -3.39. The normalized spacial score (nSPS) is 14.9. The molecule has 0 radical (unpaired) electrons. The smallest absolute Gasteiger partial charge is 0.209 e. The Hall–Kier alpha value is -0.130. The van der Waals surface area contributed by atoms with Gasteiger partial charge in [-0.25, -0.2) is 13.6 Å². The number of rotatable bonds is 8. The number of nitrogens with two attached hydrogens (primary N) is 1. The molecule has 0 fully saturated rings. The van der Waals surface area contributed by atoms with Crippen LogP contribution in [0, 0.1) is 11.3 Å². The van der Waals surface area contributed by atoms with E-state index in [1.807, 2.05) is 6.92 Å². The number of primary sulfonamides is 1. The fourth-order valence-corrected chi connectivity index (χ4v) is 2.50. The predicted molar refractivity (Wildman–Crippen MR) is 71.3 cm³/mol. The molecule has 0 heterocycles. The Labute approximate surface area is 106 Å². The lowest BCUT2D eigenvalue weighted by Gasteiger charge is -2.20. The molecular weight excluding hydrogens is 238 g/mol. The minimum absolute atomic E-state index is 0.0231. The maximum Gasteiger partial charge on any atom is 0.209 e. The second-order valence-corrected chi connectivity index (χ2v) is 7.53. The van der Waals surface area contributed by atoms with Gasteiger partial charge in [-0.1, -0.05) is 34.1 Å². The zero-order valence-electron chi connectivity index (χ0n) is 11.5. The highest BCUT2D eigenvalue weighted by atomic mass is 32.2. The molecule has 0 aromatic carbocycles. The van der Waals surface area contributed by atoms with Crippen LogP contribution in [0.5, 0.6) is 0 Å². The second kappa shape index (κ2) is 7.34. The van der Waals surface area contributed by atoms with Gasteiger partial charge in [-0.15, -0.1) is 0 Å². The van der Waals surface area contributed by atoms with E-state index in [1.54, 1.807) is 0 Å². The van der Waals surface area contributed by atoms with Crippen LogP contribution in [0.4, 0.5) is 0 Å². The Morgan fingerprint density at radius 2 is 1.88 bits per heavy atom. The first-order chi connectivity index (χ1) is 7.64. The lowest BCUT2D eigenvalue weighted by Crippen LogP contribution is -2.26. The molecule has 0 aliphatic carbocycles. The lowest BCUT2D eigenvalue weighted by molar-refractivity contribution is 0.0824. The van der Waals surface area contributed by atoms with E-state index in [1.165, 1.54) is 0 Å². The van der Waals surface area contributed by atoms with Gasteiger partial charge in [0.15, 0.2) is 0 Å². The van der Waals surface area contributed by atoms with Crippen LogP contribution in [0.15, 0.2) is 0 Å². The molecular formula is C12H27NO3S. The predicted octanol–water partition coefficient (Wildman–Crippen LogP) is 2.14. The third kappa shape index (κ3) is 12.1. The van der Waals surface area contributed by atoms with Crippen molar-refractivity contribution >= 4 is 10.0 Å². The molecule has 0 saturated heterocycles. The van der Waals surface area contributed by atoms with Crippen molar-refractivity contribution in [2.24, 2.45) is 16.5 Å². The summed E-state index contributed by atoms with van der Waals surface area (Å²) >= 11 is 0. The number of hydrogen-bond acceptors (Lipinski definition) is 3. The summed E-state index contributed by atoms with van der Waals surface area (Å²) in [5, 5.41) is 5.06. The topological polar surface area (TPSA) is 69.4 Å². The van der Waals surface area contributed by atoms with Crippen molar-refractivity contribution in [3.05, 3.63) is 0 Å². The van der Waals surface area contributed by atoms with E-state index in [4.69, 9.17) is 9.88 Å². The van der Waals surface area contributed by atoms with Crippen molar-refractivity contribution < 1.29 is 13.2 Å². The zero-order valence-corrected chi connectivity index (χ0v) is 12.3. The molecule has 0 aliphatic heterocycles. The van der Waals surface area contributed by atoms with E-state index in [9.17, 15) is 8.42 Å². The van der Waals surface area contributed by atoms with Crippen LogP contribution >= 0.6 is 0 Å². The molecule has 104 valence electrons. The summed E-state index contributed by atoms with van der Waals surface area (Å²) in [5.41, 5.74) is 0.250. The molecule has 0 amide bonds. The Morgan fingerprint density at radius 1 is 1.29 bits per heavy atom. The van der Waals surface area contributed by atoms with Gasteiger partial charge in [0.1, 0.15) is 0 Å². The van der Waals surface area contributed by atoms with Crippen molar-refractivity contribution in [3.63, 3.8) is 0 Å². The van der Waals surface area contributed by atoms with Crippen LogP contribution < -0.4 is 5.14 Å². The van der Waals surface area contributed by atoms with Gasteiger partial charge in [0.2, 0.25) is 10.0 Å². The van der Waals surface area contributed by atoms with Crippen LogP contribution in [0.2, 0.25) is 0 Å². The van der Waals surface area contributed by atoms with E-state index in [2.05, 4.69) is 20.8 Å². The van der Waals surface area contributed by atoms with Crippen LogP contribution in [-0.2, 0) is 14.8 Å². The first-order valence-electron chi connectivity index (χ1n) is 6.22. The van der Waals surface area contributed by atoms with Crippen molar-refractivity contribution in [3.8, 4) is 0 Å². The largest absolute Gasteiger partial charge is 0.381 e. The first kappa shape index (κ1) is 16.9. The molecule has 17 heavy (non-hydrogen) atoms. The zero-order chi connectivity index (χ0) is 13.5. The quantitative estimate of drug-likeness (QED) is 0.684. The number of sulfonamides is 1. The Kier molecular flexibility index (Phi) is 7.28. The molecule has 1 atom stereocenters. The van der Waals surface area contributed by atoms with Crippen LogP contribution in [0.25, 0.3) is 0 Å². The van der Waals surface area contributed by atoms with Crippen LogP contribution in [0.1, 0.15) is 47.0 Å². The van der Waals surface area contributed by atoms with E-state index in [-0.39, 0.29) is 17.1 Å². The van der Waals surface area contributed by atoms with Crippen molar-refractivity contribution in [1.82, 2.24) is 0 Å².